The van der Waals surface area contributed by atoms with E-state index in [1.807, 2.05) is 24.3 Å². The van der Waals surface area contributed by atoms with E-state index in [-0.39, 0.29) is 35.2 Å². The lowest BCUT2D eigenvalue weighted by Crippen LogP contribution is -2.31. The molecule has 1 fully saturated rings. The van der Waals surface area contributed by atoms with Gasteiger partial charge in [-0.3, -0.25) is 10.4 Å². The molecule has 0 aliphatic carbocycles. The van der Waals surface area contributed by atoms with E-state index < -0.39 is 11.7 Å². The molecule has 0 bridgehead atoms. The van der Waals surface area contributed by atoms with Crippen molar-refractivity contribution in [2.24, 2.45) is 5.92 Å². The number of anilines is 3. The van der Waals surface area contributed by atoms with Gasteiger partial charge in [0.05, 0.1) is 23.6 Å². The van der Waals surface area contributed by atoms with Crippen LogP contribution < -0.4 is 25.6 Å². The van der Waals surface area contributed by atoms with Crippen LogP contribution in [0.3, 0.4) is 0 Å². The zero-order chi connectivity index (χ0) is 24.6. The van der Waals surface area contributed by atoms with Gasteiger partial charge in [-0.2, -0.15) is 18.4 Å². The Kier molecular flexibility index (Phi) is 5.82. The van der Waals surface area contributed by atoms with Crippen LogP contribution in [-0.2, 0) is 6.18 Å². The Morgan fingerprint density at radius 3 is 2.83 bits per heavy atom. The first-order chi connectivity index (χ1) is 16.8. The van der Waals surface area contributed by atoms with Gasteiger partial charge in [0, 0.05) is 37.8 Å². The second-order valence-corrected chi connectivity index (χ2v) is 8.47. The maximum Gasteiger partial charge on any atom is 0.419 e. The van der Waals surface area contributed by atoms with Gasteiger partial charge in [0.25, 0.3) is 0 Å². The molecule has 0 amide bonds. The average Bonchev–Trinajstić information content (AvgIpc) is 3.49. The number of ether oxygens (including phenoxy) is 1. The van der Waals surface area contributed by atoms with Gasteiger partial charge < -0.3 is 9.64 Å². The normalized spacial score (nSPS) is 17.2. The summed E-state index contributed by atoms with van der Waals surface area (Å²) < 4.78 is 47.6. The highest BCUT2D eigenvalue weighted by Crippen LogP contribution is 2.40. The van der Waals surface area contributed by atoms with Crippen molar-refractivity contribution in [1.82, 2.24) is 15.5 Å². The van der Waals surface area contributed by atoms with Gasteiger partial charge in [0.2, 0.25) is 0 Å². The first-order valence-electron chi connectivity index (χ1n) is 11.0. The van der Waals surface area contributed by atoms with E-state index in [0.717, 1.165) is 24.8 Å². The highest BCUT2D eigenvalue weighted by molar-refractivity contribution is 5.81. The van der Waals surface area contributed by atoms with Gasteiger partial charge in [0.15, 0.2) is 5.69 Å². The number of hydrogen-bond acceptors (Lipinski definition) is 8. The third-order valence-electron chi connectivity index (χ3n) is 6.13. The van der Waals surface area contributed by atoms with Gasteiger partial charge >= 0.3 is 6.18 Å². The van der Waals surface area contributed by atoms with Crippen molar-refractivity contribution in [3.8, 4) is 23.1 Å². The second-order valence-electron chi connectivity index (χ2n) is 8.47. The summed E-state index contributed by atoms with van der Waals surface area (Å²) in [5.41, 5.74) is 6.46. The molecule has 35 heavy (non-hydrogen) atoms. The molecule has 0 unspecified atom stereocenters. The molecule has 1 saturated heterocycles. The highest BCUT2D eigenvalue weighted by Gasteiger charge is 2.36. The predicted octanol–water partition coefficient (Wildman–Crippen LogP) is 4.22. The quantitative estimate of drug-likeness (QED) is 0.560. The van der Waals surface area contributed by atoms with E-state index in [1.54, 1.807) is 24.3 Å². The summed E-state index contributed by atoms with van der Waals surface area (Å²) in [6.07, 6.45) is -2.09. The third-order valence-corrected chi connectivity index (χ3v) is 6.13. The van der Waals surface area contributed by atoms with Crippen molar-refractivity contribution in [3.05, 3.63) is 59.9 Å². The maximum atomic E-state index is 14.0. The van der Waals surface area contributed by atoms with E-state index in [9.17, 15) is 18.4 Å². The van der Waals surface area contributed by atoms with Crippen molar-refractivity contribution in [2.75, 3.05) is 42.1 Å². The fourth-order valence-corrected chi connectivity index (χ4v) is 4.31. The molecule has 2 aliphatic heterocycles. The maximum absolute atomic E-state index is 14.0. The van der Waals surface area contributed by atoms with Crippen LogP contribution in [0, 0.1) is 17.2 Å². The van der Waals surface area contributed by atoms with Crippen molar-refractivity contribution >= 4 is 17.2 Å². The van der Waals surface area contributed by atoms with E-state index >= 15 is 0 Å². The summed E-state index contributed by atoms with van der Waals surface area (Å²) in [4.78, 5) is 10.7. The molecule has 0 spiro atoms. The molecule has 4 heterocycles. The molecule has 0 saturated carbocycles. The lowest BCUT2D eigenvalue weighted by molar-refractivity contribution is -0.139. The summed E-state index contributed by atoms with van der Waals surface area (Å²) in [7, 11) is 1.72. The molecule has 0 radical (unpaired) electrons. The van der Waals surface area contributed by atoms with Gasteiger partial charge in [-0.15, -0.1) is 5.53 Å². The number of aromatic nitrogens is 2. The first-order valence-corrected chi connectivity index (χ1v) is 11.0. The van der Waals surface area contributed by atoms with E-state index in [1.165, 1.54) is 12.1 Å². The SMILES string of the molecule is CN1NNc2c1cc(-c1ccc(OC[C@@H]3CCN(c4ccccn4)C3)c(C(F)(F)F)c1)nc2C#N. The van der Waals surface area contributed by atoms with Crippen LogP contribution >= 0.6 is 0 Å². The number of nitriles is 1. The Morgan fingerprint density at radius 2 is 2.09 bits per heavy atom. The Labute approximate surface area is 199 Å². The molecule has 5 rings (SSSR count). The Balaban J connectivity index is 1.37. The number of halogens is 3. The molecule has 180 valence electrons. The zero-order valence-electron chi connectivity index (χ0n) is 18.8. The number of alkyl halides is 3. The van der Waals surface area contributed by atoms with Gasteiger partial charge in [-0.05, 0) is 42.8 Å². The number of nitrogens with zero attached hydrogens (tertiary/aromatic N) is 5. The van der Waals surface area contributed by atoms with Crippen LogP contribution in [0.1, 0.15) is 17.7 Å². The number of nitrogens with one attached hydrogen (secondary N) is 2. The minimum atomic E-state index is -4.62. The first kappa shape index (κ1) is 22.7. The monoisotopic (exact) mass is 481 g/mol. The second kappa shape index (κ2) is 8.96. The molecule has 3 aromatic rings. The zero-order valence-corrected chi connectivity index (χ0v) is 18.8. The van der Waals surface area contributed by atoms with Crippen molar-refractivity contribution < 1.29 is 17.9 Å². The number of hydrogen-bond donors (Lipinski definition) is 2. The van der Waals surface area contributed by atoms with Crippen LogP contribution in [0.5, 0.6) is 5.75 Å². The fraction of sp³-hybridized carbons (Fsp3) is 0.292. The molecule has 8 nitrogen and oxygen atoms in total. The fourth-order valence-electron chi connectivity index (χ4n) is 4.31. The number of benzene rings is 1. The highest BCUT2D eigenvalue weighted by atomic mass is 19.4. The lowest BCUT2D eigenvalue weighted by Gasteiger charge is -2.19. The topological polar surface area (TPSA) is 89.3 Å². The van der Waals surface area contributed by atoms with Crippen molar-refractivity contribution in [2.45, 2.75) is 12.6 Å². The summed E-state index contributed by atoms with van der Waals surface area (Å²) in [6.45, 7) is 1.62. The Bertz CT molecular complexity index is 1280. The van der Waals surface area contributed by atoms with Crippen LogP contribution in [0.4, 0.5) is 30.4 Å². The van der Waals surface area contributed by atoms with E-state index in [2.05, 4.69) is 25.8 Å². The largest absolute Gasteiger partial charge is 0.493 e. The summed E-state index contributed by atoms with van der Waals surface area (Å²) in [5.74, 6) is 0.717. The average molecular weight is 481 g/mol. The van der Waals surface area contributed by atoms with Gasteiger partial charge in [0.1, 0.15) is 23.3 Å². The molecule has 2 aromatic heterocycles. The number of hydrazine groups is 2. The summed E-state index contributed by atoms with van der Waals surface area (Å²) in [6, 6.07) is 13.2. The minimum Gasteiger partial charge on any atom is -0.493 e. The standard InChI is InChI=1S/C24H22F3N7O/c1-33-20-11-18(30-19(12-28)23(20)31-32-33)16-5-6-21(17(10-16)24(25,26)27)35-14-15-7-9-34(13-15)22-4-2-3-8-29-22/h2-6,8,10-11,15,31-32H,7,9,13-14H2,1H3/t15-/m1/s1. The molecule has 1 atom stereocenters. The molecule has 1 aromatic carbocycles. The molecular formula is C24H22F3N7O. The Hall–Kier alpha value is -4.04. The van der Waals surface area contributed by atoms with Gasteiger partial charge in [-0.25, -0.2) is 9.97 Å². The molecule has 11 heteroatoms. The van der Waals surface area contributed by atoms with Crippen LogP contribution in [0.2, 0.25) is 0 Å². The third kappa shape index (κ3) is 4.52. The predicted molar refractivity (Wildman–Crippen MR) is 125 cm³/mol. The number of pyridine rings is 2. The lowest BCUT2D eigenvalue weighted by atomic mass is 10.0. The molecule has 2 aliphatic rings. The number of rotatable bonds is 5. The minimum absolute atomic E-state index is 0.0851. The van der Waals surface area contributed by atoms with Crippen molar-refractivity contribution in [1.29, 1.82) is 5.26 Å². The summed E-state index contributed by atoms with van der Waals surface area (Å²) >= 11 is 0. The Morgan fingerprint density at radius 1 is 1.23 bits per heavy atom. The van der Waals surface area contributed by atoms with Crippen molar-refractivity contribution in [3.63, 3.8) is 0 Å². The number of fused-ring (bicyclic) bond motifs is 1. The van der Waals surface area contributed by atoms with Gasteiger partial charge in [-0.1, -0.05) is 6.07 Å². The molecule has 2 N–H and O–H groups in total. The van der Waals surface area contributed by atoms with E-state index in [0.29, 0.717) is 17.9 Å². The van der Waals surface area contributed by atoms with Crippen LogP contribution in [-0.4, -0.2) is 36.7 Å². The summed E-state index contributed by atoms with van der Waals surface area (Å²) in [5, 5.41) is 11.1. The smallest absolute Gasteiger partial charge is 0.419 e. The van der Waals surface area contributed by atoms with Crippen LogP contribution in [0.25, 0.3) is 11.3 Å². The van der Waals surface area contributed by atoms with E-state index in [4.69, 9.17) is 4.74 Å². The van der Waals surface area contributed by atoms with Crippen LogP contribution in [0.15, 0.2) is 48.7 Å². The molecular weight excluding hydrogens is 459 g/mol.